The zero-order valence-corrected chi connectivity index (χ0v) is 30.1. The van der Waals surface area contributed by atoms with Crippen molar-refractivity contribution in [2.75, 3.05) is 23.4 Å². The lowest BCUT2D eigenvalue weighted by Gasteiger charge is -2.29. The van der Waals surface area contributed by atoms with Gasteiger partial charge in [-0.05, 0) is 35.6 Å². The molecule has 7 rings (SSSR count). The molecule has 276 valence electrons. The fraction of sp³-hybridized carbons (Fsp3) is 0.282. The van der Waals surface area contributed by atoms with Gasteiger partial charge in [-0.2, -0.15) is 18.3 Å². The first-order chi connectivity index (χ1) is 25.0. The van der Waals surface area contributed by atoms with Gasteiger partial charge in [0, 0.05) is 74.1 Å². The van der Waals surface area contributed by atoms with Crippen molar-refractivity contribution < 1.29 is 27.5 Å². The Hall–Kier alpha value is -5.43. The van der Waals surface area contributed by atoms with Gasteiger partial charge in [-0.1, -0.05) is 62.4 Å². The van der Waals surface area contributed by atoms with Crippen LogP contribution in [0.25, 0.3) is 27.8 Å². The van der Waals surface area contributed by atoms with E-state index in [9.17, 15) is 23.1 Å². The van der Waals surface area contributed by atoms with E-state index in [0.717, 1.165) is 40.5 Å². The molecule has 3 aromatic carbocycles. The number of carboxylic acids is 1. The van der Waals surface area contributed by atoms with Gasteiger partial charge in [-0.25, -0.2) is 23.8 Å². The fourth-order valence-electron chi connectivity index (χ4n) is 7.18. The van der Waals surface area contributed by atoms with Crippen molar-refractivity contribution in [3.63, 3.8) is 0 Å². The van der Waals surface area contributed by atoms with Crippen molar-refractivity contribution in [3.8, 4) is 16.9 Å². The number of hydrogen-bond acceptors (Lipinski definition) is 6. The summed E-state index contributed by atoms with van der Waals surface area (Å²) in [5.41, 5.74) is 5.96. The maximum absolute atomic E-state index is 17.1. The number of hydrogen-bond donors (Lipinski definition) is 2. The summed E-state index contributed by atoms with van der Waals surface area (Å²) in [6.07, 6.45) is 0.691. The molecule has 0 amide bonds. The molecule has 3 aromatic heterocycles. The first kappa shape index (κ1) is 37.3. The number of para-hydroxylation sites is 1. The van der Waals surface area contributed by atoms with Gasteiger partial charge in [0.05, 0.1) is 33.8 Å². The highest BCUT2D eigenvalue weighted by molar-refractivity contribution is 6.03. The predicted molar refractivity (Wildman–Crippen MR) is 199 cm³/mol. The molecule has 53 heavy (non-hydrogen) atoms. The molecule has 0 saturated heterocycles. The van der Waals surface area contributed by atoms with E-state index in [1.54, 1.807) is 29.1 Å². The summed E-state index contributed by atoms with van der Waals surface area (Å²) in [7, 11) is 1.65. The quantitative estimate of drug-likeness (QED) is 0.136. The molecule has 2 N–H and O–H groups in total. The molecule has 0 bridgehead atoms. The number of aliphatic carboxylic acids is 1. The van der Waals surface area contributed by atoms with Crippen molar-refractivity contribution in [2.45, 2.75) is 58.3 Å². The fourth-order valence-corrected chi connectivity index (χ4v) is 7.18. The Morgan fingerprint density at radius 2 is 1.70 bits per heavy atom. The second kappa shape index (κ2) is 14.9. The van der Waals surface area contributed by atoms with Crippen LogP contribution in [0.3, 0.4) is 0 Å². The number of aromatic amines is 1. The number of alkyl halides is 3. The van der Waals surface area contributed by atoms with E-state index in [4.69, 9.17) is 5.10 Å². The molecule has 0 fully saturated rings. The van der Waals surface area contributed by atoms with Crippen LogP contribution in [-0.2, 0) is 43.2 Å². The summed E-state index contributed by atoms with van der Waals surface area (Å²) in [5, 5.41) is 15.9. The number of H-pyrrole nitrogens is 1. The third-order valence-electron chi connectivity index (χ3n) is 9.88. The number of nitrogens with zero attached hydrogens (tertiary/aromatic N) is 6. The van der Waals surface area contributed by atoms with Gasteiger partial charge in [0.2, 0.25) is 5.95 Å². The predicted octanol–water partition coefficient (Wildman–Crippen LogP) is 8.21. The minimum atomic E-state index is -4.57. The third kappa shape index (κ3) is 6.93. The molecule has 0 spiro atoms. The number of fused-ring (bicyclic) bond motifs is 2. The van der Waals surface area contributed by atoms with Crippen LogP contribution in [0.1, 0.15) is 47.4 Å². The highest BCUT2D eigenvalue weighted by atomic mass is 35.5. The number of carboxylic acid groups (broad SMARTS) is 1. The maximum Gasteiger partial charge on any atom is 0.419 e. The number of carbonyl (C=O) groups is 1. The third-order valence-corrected chi connectivity index (χ3v) is 9.88. The van der Waals surface area contributed by atoms with Gasteiger partial charge in [0.1, 0.15) is 11.9 Å². The van der Waals surface area contributed by atoms with E-state index < -0.39 is 29.6 Å². The molecular formula is C39H38ClF4N7O2. The van der Waals surface area contributed by atoms with Crippen LogP contribution in [0.5, 0.6) is 0 Å². The normalized spacial score (nSPS) is 13.5. The number of benzene rings is 3. The summed E-state index contributed by atoms with van der Waals surface area (Å²) in [4.78, 5) is 27.3. The zero-order valence-electron chi connectivity index (χ0n) is 29.3. The van der Waals surface area contributed by atoms with Crippen LogP contribution < -0.4 is 9.80 Å². The van der Waals surface area contributed by atoms with E-state index in [-0.39, 0.29) is 36.9 Å². The molecule has 0 radical (unpaired) electrons. The molecule has 1 aliphatic rings. The monoisotopic (exact) mass is 747 g/mol. The van der Waals surface area contributed by atoms with Crippen molar-refractivity contribution in [1.29, 1.82) is 0 Å². The van der Waals surface area contributed by atoms with E-state index in [0.29, 0.717) is 53.7 Å². The highest BCUT2D eigenvalue weighted by Crippen LogP contribution is 2.43. The SMILES string of the molecule is CCc1cccc(CC)c1-n1nc2c(c1-c1c(F)cc(N(C)[C@@H](Cc3ccccc3)C(=O)O)c3[nH]ccc13)CN(c1ncc(C(F)(F)F)cn1)CC2.Cl. The van der Waals surface area contributed by atoms with Gasteiger partial charge >= 0.3 is 12.1 Å². The standard InChI is InChI=1S/C39H37F4N7O2.ClH/c1-4-24-12-9-13-25(5-2)35(24)50-36(28-22-49(17-15-30(28)47-50)38-45-20-26(21-46-38)39(41,42)43)33-27-14-16-44-34(27)31(19-29(33)40)48(3)32(37(51)52)18-23-10-7-6-8-11-23;/h6-14,16,19-21,32,44H,4-5,15,17-18,22H2,1-3H3,(H,51,52);1H/t32-;/m0./s1. The molecule has 14 heteroatoms. The van der Waals surface area contributed by atoms with E-state index in [1.165, 1.54) is 6.07 Å². The summed E-state index contributed by atoms with van der Waals surface area (Å²) >= 11 is 0. The Morgan fingerprint density at radius 1 is 1.02 bits per heavy atom. The Morgan fingerprint density at radius 3 is 2.32 bits per heavy atom. The minimum Gasteiger partial charge on any atom is -0.480 e. The number of anilines is 2. The lowest BCUT2D eigenvalue weighted by molar-refractivity contribution is -0.139. The molecule has 1 atom stereocenters. The van der Waals surface area contributed by atoms with Crippen LogP contribution in [0.4, 0.5) is 29.2 Å². The van der Waals surface area contributed by atoms with E-state index >= 15 is 4.39 Å². The van der Waals surface area contributed by atoms with Crippen LogP contribution >= 0.6 is 12.4 Å². The number of nitrogens with one attached hydrogen (secondary N) is 1. The van der Waals surface area contributed by atoms with E-state index in [1.807, 2.05) is 53.2 Å². The number of aromatic nitrogens is 5. The van der Waals surface area contributed by atoms with Crippen molar-refractivity contribution in [1.82, 2.24) is 24.7 Å². The van der Waals surface area contributed by atoms with Gasteiger partial charge in [-0.3, -0.25) is 0 Å². The van der Waals surface area contributed by atoms with Gasteiger partial charge in [0.15, 0.2) is 0 Å². The molecule has 6 aromatic rings. The lowest BCUT2D eigenvalue weighted by Crippen LogP contribution is -2.40. The molecule has 9 nitrogen and oxygen atoms in total. The van der Waals surface area contributed by atoms with Gasteiger partial charge < -0.3 is 19.9 Å². The Balaban J connectivity index is 0.00000481. The second-order valence-electron chi connectivity index (χ2n) is 12.9. The van der Waals surface area contributed by atoms with Crippen LogP contribution in [0.2, 0.25) is 0 Å². The minimum absolute atomic E-state index is 0. The summed E-state index contributed by atoms with van der Waals surface area (Å²) in [5.74, 6) is -1.49. The van der Waals surface area contributed by atoms with Crippen LogP contribution in [-0.4, -0.2) is 55.4 Å². The smallest absolute Gasteiger partial charge is 0.419 e. The number of likely N-dealkylation sites (N-methyl/N-ethyl adjacent to an activating group) is 1. The zero-order chi connectivity index (χ0) is 36.7. The Bertz CT molecular complexity index is 2230. The Kier molecular flexibility index (Phi) is 10.5. The second-order valence-corrected chi connectivity index (χ2v) is 12.9. The number of aryl methyl sites for hydroxylation is 2. The van der Waals surface area contributed by atoms with Crippen molar-refractivity contribution in [2.24, 2.45) is 0 Å². The average molecular weight is 748 g/mol. The largest absolute Gasteiger partial charge is 0.480 e. The summed E-state index contributed by atoms with van der Waals surface area (Å²) < 4.78 is 58.9. The topological polar surface area (TPSA) is 103 Å². The average Bonchev–Trinajstić information content (AvgIpc) is 3.78. The van der Waals surface area contributed by atoms with Crippen LogP contribution in [0, 0.1) is 5.82 Å². The van der Waals surface area contributed by atoms with Crippen molar-refractivity contribution >= 4 is 40.9 Å². The molecule has 0 unspecified atom stereocenters. The molecular weight excluding hydrogens is 710 g/mol. The number of halogens is 5. The first-order valence-electron chi connectivity index (χ1n) is 17.2. The lowest BCUT2D eigenvalue weighted by atomic mass is 9.96. The summed E-state index contributed by atoms with van der Waals surface area (Å²) in [6, 6.07) is 17.5. The summed E-state index contributed by atoms with van der Waals surface area (Å²) in [6.45, 7) is 4.68. The maximum atomic E-state index is 17.1. The molecule has 0 aliphatic carbocycles. The molecule has 0 saturated carbocycles. The molecule has 1 aliphatic heterocycles. The van der Waals surface area contributed by atoms with E-state index in [2.05, 4.69) is 28.8 Å². The van der Waals surface area contributed by atoms with Crippen LogP contribution in [0.15, 0.2) is 79.3 Å². The van der Waals surface area contributed by atoms with Gasteiger partial charge in [-0.15, -0.1) is 12.4 Å². The highest BCUT2D eigenvalue weighted by Gasteiger charge is 2.34. The van der Waals surface area contributed by atoms with Gasteiger partial charge in [0.25, 0.3) is 0 Å². The molecule has 4 heterocycles. The van der Waals surface area contributed by atoms with Crippen molar-refractivity contribution in [3.05, 3.63) is 119 Å². The first-order valence-corrected chi connectivity index (χ1v) is 17.2. The number of rotatable bonds is 10. The Labute approximate surface area is 309 Å².